The lowest BCUT2D eigenvalue weighted by Gasteiger charge is -2.12. The second-order valence-electron chi connectivity index (χ2n) is 3.68. The number of rotatable bonds is 5. The van der Waals surface area contributed by atoms with E-state index in [1.165, 1.54) is 0 Å². The number of hydrogen-bond acceptors (Lipinski definition) is 4. The van der Waals surface area contributed by atoms with Crippen molar-refractivity contribution in [2.45, 2.75) is 13.0 Å². The van der Waals surface area contributed by atoms with Crippen LogP contribution in [-0.4, -0.2) is 27.4 Å². The third-order valence-electron chi connectivity index (χ3n) is 2.28. The fourth-order valence-electron chi connectivity index (χ4n) is 1.46. The molecule has 0 saturated carbocycles. The summed E-state index contributed by atoms with van der Waals surface area (Å²) in [7, 11) is 4.77. The maximum Gasteiger partial charge on any atom is 0.203 e. The number of methoxy groups -OCH3 is 3. The molecule has 17 heavy (non-hydrogen) atoms. The standard InChI is InChI=1S/C13H19NO3/c1-9(14)5-6-10-7-11(15-2)13(17-4)12(8-10)16-3/h5-9H,14H2,1-4H3/b6-5+. The summed E-state index contributed by atoms with van der Waals surface area (Å²) < 4.78 is 15.8. The fraction of sp³-hybridized carbons (Fsp3) is 0.385. The molecule has 94 valence electrons. The molecule has 0 aliphatic rings. The number of benzene rings is 1. The first-order chi connectivity index (χ1) is 8.12. The molecule has 4 heteroatoms. The fourth-order valence-corrected chi connectivity index (χ4v) is 1.46. The van der Waals surface area contributed by atoms with Gasteiger partial charge in [0.05, 0.1) is 21.3 Å². The molecule has 0 bridgehead atoms. The molecule has 0 radical (unpaired) electrons. The van der Waals surface area contributed by atoms with E-state index in [0.717, 1.165) is 5.56 Å². The van der Waals surface area contributed by atoms with Gasteiger partial charge in [0.15, 0.2) is 11.5 Å². The Balaban J connectivity index is 3.17. The van der Waals surface area contributed by atoms with E-state index in [1.54, 1.807) is 21.3 Å². The molecule has 0 aromatic heterocycles. The van der Waals surface area contributed by atoms with Crippen LogP contribution in [0.2, 0.25) is 0 Å². The molecular weight excluding hydrogens is 218 g/mol. The lowest BCUT2D eigenvalue weighted by atomic mass is 10.1. The van der Waals surface area contributed by atoms with Crippen LogP contribution in [-0.2, 0) is 0 Å². The van der Waals surface area contributed by atoms with Gasteiger partial charge in [-0.15, -0.1) is 0 Å². The first-order valence-corrected chi connectivity index (χ1v) is 5.36. The Bertz CT molecular complexity index is 375. The van der Waals surface area contributed by atoms with Gasteiger partial charge in [-0.3, -0.25) is 0 Å². The Hall–Kier alpha value is -1.68. The molecule has 1 atom stereocenters. The summed E-state index contributed by atoms with van der Waals surface area (Å²) in [5.41, 5.74) is 6.62. The number of hydrogen-bond donors (Lipinski definition) is 1. The van der Waals surface area contributed by atoms with Gasteiger partial charge in [0.25, 0.3) is 0 Å². The number of nitrogens with two attached hydrogens (primary N) is 1. The van der Waals surface area contributed by atoms with Gasteiger partial charge in [0.1, 0.15) is 0 Å². The van der Waals surface area contributed by atoms with Crippen molar-refractivity contribution in [2.75, 3.05) is 21.3 Å². The van der Waals surface area contributed by atoms with Crippen molar-refractivity contribution in [1.29, 1.82) is 0 Å². The zero-order valence-electron chi connectivity index (χ0n) is 10.7. The van der Waals surface area contributed by atoms with E-state index >= 15 is 0 Å². The Morgan fingerprint density at radius 1 is 1.06 bits per heavy atom. The van der Waals surface area contributed by atoms with E-state index < -0.39 is 0 Å². The van der Waals surface area contributed by atoms with E-state index in [0.29, 0.717) is 17.2 Å². The zero-order chi connectivity index (χ0) is 12.8. The quantitative estimate of drug-likeness (QED) is 0.851. The molecule has 0 amide bonds. The molecular formula is C13H19NO3. The van der Waals surface area contributed by atoms with Crippen molar-refractivity contribution >= 4 is 6.08 Å². The molecule has 2 N–H and O–H groups in total. The molecule has 1 aromatic rings. The van der Waals surface area contributed by atoms with E-state index in [1.807, 2.05) is 31.2 Å². The largest absolute Gasteiger partial charge is 0.493 e. The van der Waals surface area contributed by atoms with Gasteiger partial charge in [0.2, 0.25) is 5.75 Å². The SMILES string of the molecule is COc1cc(/C=C/C(C)N)cc(OC)c1OC. The van der Waals surface area contributed by atoms with E-state index in [-0.39, 0.29) is 6.04 Å². The highest BCUT2D eigenvalue weighted by atomic mass is 16.5. The summed E-state index contributed by atoms with van der Waals surface area (Å²) in [6.45, 7) is 1.91. The van der Waals surface area contributed by atoms with Crippen LogP contribution < -0.4 is 19.9 Å². The van der Waals surface area contributed by atoms with Crippen LogP contribution in [0.3, 0.4) is 0 Å². The molecule has 0 heterocycles. The van der Waals surface area contributed by atoms with Crippen molar-refractivity contribution in [3.8, 4) is 17.2 Å². The Kier molecular flexibility index (Phi) is 4.84. The van der Waals surface area contributed by atoms with Crippen LogP contribution in [0.4, 0.5) is 0 Å². The predicted molar refractivity (Wildman–Crippen MR) is 68.8 cm³/mol. The van der Waals surface area contributed by atoms with Crippen molar-refractivity contribution in [3.63, 3.8) is 0 Å². The Morgan fingerprint density at radius 3 is 1.94 bits per heavy atom. The van der Waals surface area contributed by atoms with Crippen molar-refractivity contribution in [1.82, 2.24) is 0 Å². The van der Waals surface area contributed by atoms with Crippen LogP contribution in [0.15, 0.2) is 18.2 Å². The third kappa shape index (κ3) is 3.39. The van der Waals surface area contributed by atoms with E-state index in [9.17, 15) is 0 Å². The van der Waals surface area contributed by atoms with Gasteiger partial charge in [-0.1, -0.05) is 12.2 Å². The monoisotopic (exact) mass is 237 g/mol. The highest BCUT2D eigenvalue weighted by Gasteiger charge is 2.11. The highest BCUT2D eigenvalue weighted by molar-refractivity contribution is 5.62. The van der Waals surface area contributed by atoms with Crippen LogP contribution in [0.5, 0.6) is 17.2 Å². The topological polar surface area (TPSA) is 53.7 Å². The van der Waals surface area contributed by atoms with Crippen LogP contribution in [0.1, 0.15) is 12.5 Å². The second-order valence-corrected chi connectivity index (χ2v) is 3.68. The molecule has 1 unspecified atom stereocenters. The smallest absolute Gasteiger partial charge is 0.203 e. The second kappa shape index (κ2) is 6.15. The minimum Gasteiger partial charge on any atom is -0.493 e. The highest BCUT2D eigenvalue weighted by Crippen LogP contribution is 2.38. The van der Waals surface area contributed by atoms with Gasteiger partial charge in [-0.25, -0.2) is 0 Å². The van der Waals surface area contributed by atoms with Gasteiger partial charge in [-0.2, -0.15) is 0 Å². The first-order valence-electron chi connectivity index (χ1n) is 5.36. The summed E-state index contributed by atoms with van der Waals surface area (Å²) in [6, 6.07) is 3.76. The maximum absolute atomic E-state index is 5.66. The van der Waals surface area contributed by atoms with Gasteiger partial charge in [0, 0.05) is 6.04 Å². The Morgan fingerprint density at radius 2 is 1.59 bits per heavy atom. The zero-order valence-corrected chi connectivity index (χ0v) is 10.7. The maximum atomic E-state index is 5.66. The normalized spacial score (nSPS) is 12.5. The molecule has 0 aliphatic heterocycles. The minimum atomic E-state index is 0.00842. The average molecular weight is 237 g/mol. The van der Waals surface area contributed by atoms with Crippen molar-refractivity contribution < 1.29 is 14.2 Å². The van der Waals surface area contributed by atoms with Gasteiger partial charge < -0.3 is 19.9 Å². The lowest BCUT2D eigenvalue weighted by Crippen LogP contribution is -2.09. The van der Waals surface area contributed by atoms with Crippen LogP contribution in [0, 0.1) is 0 Å². The third-order valence-corrected chi connectivity index (χ3v) is 2.28. The van der Waals surface area contributed by atoms with Gasteiger partial charge in [-0.05, 0) is 24.6 Å². The molecule has 0 aliphatic carbocycles. The molecule has 0 spiro atoms. The summed E-state index contributed by atoms with van der Waals surface area (Å²) in [5.74, 6) is 1.86. The lowest BCUT2D eigenvalue weighted by molar-refractivity contribution is 0.324. The molecule has 1 aromatic carbocycles. The van der Waals surface area contributed by atoms with Crippen molar-refractivity contribution in [3.05, 3.63) is 23.8 Å². The molecule has 4 nitrogen and oxygen atoms in total. The Labute approximate surface area is 102 Å². The van der Waals surface area contributed by atoms with E-state index in [2.05, 4.69) is 0 Å². The summed E-state index contributed by atoms with van der Waals surface area (Å²) >= 11 is 0. The predicted octanol–water partition coefficient (Wildman–Crippen LogP) is 2.07. The van der Waals surface area contributed by atoms with Crippen LogP contribution >= 0.6 is 0 Å². The van der Waals surface area contributed by atoms with Crippen molar-refractivity contribution in [2.24, 2.45) is 5.73 Å². The summed E-state index contributed by atoms with van der Waals surface area (Å²) in [6.07, 6.45) is 3.83. The first kappa shape index (κ1) is 13.4. The van der Waals surface area contributed by atoms with Gasteiger partial charge >= 0.3 is 0 Å². The minimum absolute atomic E-state index is 0.00842. The van der Waals surface area contributed by atoms with Crippen LogP contribution in [0.25, 0.3) is 6.08 Å². The molecule has 1 rings (SSSR count). The summed E-state index contributed by atoms with van der Waals surface area (Å²) in [5, 5.41) is 0. The molecule has 0 fully saturated rings. The van der Waals surface area contributed by atoms with E-state index in [4.69, 9.17) is 19.9 Å². The number of ether oxygens (including phenoxy) is 3. The average Bonchev–Trinajstić information content (AvgIpc) is 2.34. The summed E-state index contributed by atoms with van der Waals surface area (Å²) in [4.78, 5) is 0. The molecule has 0 saturated heterocycles.